The van der Waals surface area contributed by atoms with Crippen molar-refractivity contribution in [2.75, 3.05) is 32.8 Å². The maximum Gasteiger partial charge on any atom is 0.137 e. The van der Waals surface area contributed by atoms with Crippen LogP contribution in [-0.2, 0) is 4.74 Å². The molecule has 2 aliphatic heterocycles. The van der Waals surface area contributed by atoms with E-state index in [9.17, 15) is 0 Å². The Hall–Kier alpha value is -0.940. The van der Waals surface area contributed by atoms with Crippen LogP contribution in [0.5, 0.6) is 0 Å². The fourth-order valence-electron chi connectivity index (χ4n) is 3.70. The number of H-pyrrole nitrogens is 1. The van der Waals surface area contributed by atoms with E-state index in [0.717, 1.165) is 31.5 Å². The van der Waals surface area contributed by atoms with Gasteiger partial charge in [-0.3, -0.25) is 5.10 Å². The molecule has 0 radical (unpaired) electrons. The van der Waals surface area contributed by atoms with Gasteiger partial charge in [-0.15, -0.1) is 0 Å². The van der Waals surface area contributed by atoms with E-state index in [1.165, 1.54) is 58.0 Å². The number of nitrogens with one attached hydrogen (secondary N) is 1. The molecule has 3 heterocycles. The molecule has 2 aliphatic rings. The first-order chi connectivity index (χ1) is 10.4. The van der Waals surface area contributed by atoms with Crippen molar-refractivity contribution in [2.24, 2.45) is 5.92 Å². The van der Waals surface area contributed by atoms with E-state index in [1.807, 2.05) is 0 Å². The first-order valence-electron chi connectivity index (χ1n) is 8.57. The maximum atomic E-state index is 5.43. The van der Waals surface area contributed by atoms with E-state index in [1.54, 1.807) is 6.33 Å². The summed E-state index contributed by atoms with van der Waals surface area (Å²) < 4.78 is 5.43. The zero-order valence-electron chi connectivity index (χ0n) is 13.0. The molecule has 1 N–H and O–H groups in total. The van der Waals surface area contributed by atoms with E-state index >= 15 is 0 Å². The van der Waals surface area contributed by atoms with Crippen molar-refractivity contribution >= 4 is 0 Å². The highest BCUT2D eigenvalue weighted by Crippen LogP contribution is 2.25. The van der Waals surface area contributed by atoms with Gasteiger partial charge in [-0.1, -0.05) is 12.8 Å². The Bertz CT molecular complexity index is 389. The molecule has 0 spiro atoms. The third-order valence-corrected chi connectivity index (χ3v) is 5.00. The van der Waals surface area contributed by atoms with Gasteiger partial charge in [0, 0.05) is 25.7 Å². The molecule has 0 aromatic carbocycles. The van der Waals surface area contributed by atoms with Crippen LogP contribution in [-0.4, -0.2) is 52.9 Å². The van der Waals surface area contributed by atoms with E-state index in [2.05, 4.69) is 20.1 Å². The lowest BCUT2D eigenvalue weighted by atomic mass is 9.93. The van der Waals surface area contributed by atoms with Gasteiger partial charge in [0.25, 0.3) is 0 Å². The number of nitrogens with zero attached hydrogens (tertiary/aromatic N) is 3. The molecular formula is C16H28N4O. The maximum absolute atomic E-state index is 5.43. The van der Waals surface area contributed by atoms with Crippen LogP contribution in [0.25, 0.3) is 0 Å². The van der Waals surface area contributed by atoms with Crippen molar-refractivity contribution in [3.63, 3.8) is 0 Å². The standard InChI is InChI=1S/C16H28N4O/c1(4-14-6-10-21-11-7-14)2-8-20-9-3-5-15(12-20)16-17-13-18-19-16/h13-15H,1-12H2,(H,17,18,19). The van der Waals surface area contributed by atoms with Gasteiger partial charge in [0.05, 0.1) is 0 Å². The molecule has 1 aromatic heterocycles. The minimum atomic E-state index is 0.553. The molecule has 1 atom stereocenters. The smallest absolute Gasteiger partial charge is 0.137 e. The summed E-state index contributed by atoms with van der Waals surface area (Å²) in [5.41, 5.74) is 0. The Balaban J connectivity index is 1.33. The summed E-state index contributed by atoms with van der Waals surface area (Å²) in [4.78, 5) is 6.94. The molecule has 5 nitrogen and oxygen atoms in total. The zero-order chi connectivity index (χ0) is 14.3. The highest BCUT2D eigenvalue weighted by Gasteiger charge is 2.23. The largest absolute Gasteiger partial charge is 0.381 e. The van der Waals surface area contributed by atoms with Crippen LogP contribution in [0.15, 0.2) is 6.33 Å². The third kappa shape index (κ3) is 4.51. The van der Waals surface area contributed by atoms with E-state index in [4.69, 9.17) is 4.74 Å². The molecule has 3 rings (SSSR count). The summed E-state index contributed by atoms with van der Waals surface area (Å²) in [5, 5.41) is 7.02. The van der Waals surface area contributed by atoms with Crippen molar-refractivity contribution in [3.8, 4) is 0 Å². The van der Waals surface area contributed by atoms with Gasteiger partial charge in [-0.25, -0.2) is 4.98 Å². The monoisotopic (exact) mass is 292 g/mol. The molecule has 0 saturated carbocycles. The molecule has 2 fully saturated rings. The normalized spacial score (nSPS) is 25.2. The highest BCUT2D eigenvalue weighted by atomic mass is 16.5. The van der Waals surface area contributed by atoms with Gasteiger partial charge in [0.1, 0.15) is 12.2 Å². The number of piperidine rings is 1. The summed E-state index contributed by atoms with van der Waals surface area (Å²) >= 11 is 0. The molecule has 2 saturated heterocycles. The molecule has 0 amide bonds. The van der Waals surface area contributed by atoms with Crippen molar-refractivity contribution in [1.82, 2.24) is 20.1 Å². The lowest BCUT2D eigenvalue weighted by molar-refractivity contribution is 0.0627. The summed E-state index contributed by atoms with van der Waals surface area (Å²) in [6.45, 7) is 5.60. The first-order valence-corrected chi connectivity index (χ1v) is 8.57. The number of ether oxygens (including phenoxy) is 1. The lowest BCUT2D eigenvalue weighted by Gasteiger charge is -2.31. The van der Waals surface area contributed by atoms with Gasteiger partial charge < -0.3 is 9.64 Å². The fourth-order valence-corrected chi connectivity index (χ4v) is 3.70. The van der Waals surface area contributed by atoms with E-state index < -0.39 is 0 Å². The molecule has 1 aromatic rings. The number of aromatic nitrogens is 3. The van der Waals surface area contributed by atoms with Crippen molar-refractivity contribution in [1.29, 1.82) is 0 Å². The van der Waals surface area contributed by atoms with Crippen LogP contribution in [0, 0.1) is 5.92 Å². The van der Waals surface area contributed by atoms with Gasteiger partial charge in [-0.2, -0.15) is 5.10 Å². The lowest BCUT2D eigenvalue weighted by Crippen LogP contribution is -2.35. The topological polar surface area (TPSA) is 54.0 Å². The minimum Gasteiger partial charge on any atom is -0.381 e. The Morgan fingerprint density at radius 3 is 2.95 bits per heavy atom. The SMILES string of the molecule is c1n[nH]c(C2CCCN(CCCCC3CCOCC3)C2)n1. The molecule has 118 valence electrons. The van der Waals surface area contributed by atoms with Crippen LogP contribution in [0.4, 0.5) is 0 Å². The Kier molecular flexibility index (Phi) is 5.63. The quantitative estimate of drug-likeness (QED) is 0.819. The first kappa shape index (κ1) is 15.0. The predicted molar refractivity (Wildman–Crippen MR) is 82.2 cm³/mol. The Labute approximate surface area is 127 Å². The van der Waals surface area contributed by atoms with Crippen LogP contribution in [0.3, 0.4) is 0 Å². The summed E-state index contributed by atoms with van der Waals surface area (Å²) in [5.74, 6) is 2.54. The fraction of sp³-hybridized carbons (Fsp3) is 0.875. The third-order valence-electron chi connectivity index (χ3n) is 5.00. The van der Waals surface area contributed by atoms with Crippen LogP contribution >= 0.6 is 0 Å². The number of hydrogen-bond acceptors (Lipinski definition) is 4. The second kappa shape index (κ2) is 7.90. The van der Waals surface area contributed by atoms with E-state index in [0.29, 0.717) is 5.92 Å². The van der Waals surface area contributed by atoms with Crippen molar-refractivity contribution in [3.05, 3.63) is 12.2 Å². The number of likely N-dealkylation sites (tertiary alicyclic amines) is 1. The number of hydrogen-bond donors (Lipinski definition) is 1. The Morgan fingerprint density at radius 2 is 2.14 bits per heavy atom. The second-order valence-corrected chi connectivity index (χ2v) is 6.56. The molecule has 21 heavy (non-hydrogen) atoms. The van der Waals surface area contributed by atoms with E-state index in [-0.39, 0.29) is 0 Å². The summed E-state index contributed by atoms with van der Waals surface area (Å²) in [6, 6.07) is 0. The summed E-state index contributed by atoms with van der Waals surface area (Å²) in [6.07, 6.45) is 10.8. The minimum absolute atomic E-state index is 0.553. The van der Waals surface area contributed by atoms with Crippen molar-refractivity contribution < 1.29 is 4.74 Å². The van der Waals surface area contributed by atoms with Crippen molar-refractivity contribution in [2.45, 2.75) is 50.9 Å². The molecular weight excluding hydrogens is 264 g/mol. The average Bonchev–Trinajstić information content (AvgIpc) is 3.07. The second-order valence-electron chi connectivity index (χ2n) is 6.56. The predicted octanol–water partition coefficient (Wildman–Crippen LogP) is 2.58. The summed E-state index contributed by atoms with van der Waals surface area (Å²) in [7, 11) is 0. The van der Waals surface area contributed by atoms with Crippen LogP contribution in [0.1, 0.15) is 56.7 Å². The van der Waals surface area contributed by atoms with Gasteiger partial charge in [0.15, 0.2) is 0 Å². The molecule has 5 heteroatoms. The highest BCUT2D eigenvalue weighted by molar-refractivity contribution is 4.96. The van der Waals surface area contributed by atoms with Gasteiger partial charge >= 0.3 is 0 Å². The number of unbranched alkanes of at least 4 members (excludes halogenated alkanes) is 1. The Morgan fingerprint density at radius 1 is 1.24 bits per heavy atom. The number of aromatic amines is 1. The van der Waals surface area contributed by atoms with Gasteiger partial charge in [-0.05, 0) is 51.1 Å². The van der Waals surface area contributed by atoms with Crippen LogP contribution < -0.4 is 0 Å². The zero-order valence-corrected chi connectivity index (χ0v) is 13.0. The average molecular weight is 292 g/mol. The van der Waals surface area contributed by atoms with Crippen LogP contribution in [0.2, 0.25) is 0 Å². The number of rotatable bonds is 6. The molecule has 1 unspecified atom stereocenters. The molecule has 0 bridgehead atoms. The van der Waals surface area contributed by atoms with Gasteiger partial charge in [0.2, 0.25) is 0 Å². The molecule has 0 aliphatic carbocycles.